The zero-order valence-electron chi connectivity index (χ0n) is 12.5. The molecule has 110 valence electrons. The SMILES string of the molecule is CC(C)(C)[NH][Zr+2][c]1cccc2c1Cc1ccccc1-2.[Cl-].[Cl-]. The van der Waals surface area contributed by atoms with Crippen molar-refractivity contribution in [3.8, 4) is 11.1 Å². The Morgan fingerprint density at radius 1 is 0.905 bits per heavy atom. The van der Waals surface area contributed by atoms with Crippen molar-refractivity contribution in [2.45, 2.75) is 32.7 Å². The first kappa shape index (κ1) is 18.9. The van der Waals surface area contributed by atoms with Gasteiger partial charge in [0, 0.05) is 0 Å². The Balaban J connectivity index is 0.00000110. The van der Waals surface area contributed by atoms with Crippen LogP contribution in [-0.2, 0) is 29.9 Å². The number of rotatable bonds is 2. The number of fused-ring (bicyclic) bond motifs is 3. The molecule has 21 heavy (non-hydrogen) atoms. The molecule has 0 aliphatic heterocycles. The van der Waals surface area contributed by atoms with Gasteiger partial charge in [-0.3, -0.25) is 0 Å². The van der Waals surface area contributed by atoms with Crippen molar-refractivity contribution in [1.29, 1.82) is 0 Å². The average Bonchev–Trinajstić information content (AvgIpc) is 2.74. The van der Waals surface area contributed by atoms with Crippen LogP contribution in [0.15, 0.2) is 42.5 Å². The van der Waals surface area contributed by atoms with Crippen molar-refractivity contribution in [2.75, 3.05) is 0 Å². The van der Waals surface area contributed by atoms with Gasteiger partial charge in [0.2, 0.25) is 0 Å². The monoisotopic (exact) mass is 397 g/mol. The summed E-state index contributed by atoms with van der Waals surface area (Å²) in [6.07, 6.45) is 1.12. The molecule has 0 bridgehead atoms. The van der Waals surface area contributed by atoms with Gasteiger partial charge in [0.1, 0.15) is 0 Å². The molecule has 0 saturated heterocycles. The predicted octanol–water partition coefficient (Wildman–Crippen LogP) is -2.72. The third-order valence-corrected chi connectivity index (χ3v) is 7.39. The molecule has 0 saturated carbocycles. The van der Waals surface area contributed by atoms with Crippen LogP contribution in [0.25, 0.3) is 11.1 Å². The van der Waals surface area contributed by atoms with Gasteiger partial charge in [0.05, 0.1) is 0 Å². The van der Waals surface area contributed by atoms with E-state index in [1.807, 2.05) is 0 Å². The van der Waals surface area contributed by atoms with Crippen molar-refractivity contribution in [3.63, 3.8) is 0 Å². The summed E-state index contributed by atoms with van der Waals surface area (Å²) in [5.74, 6) is 0. The molecular weight excluding hydrogens is 380 g/mol. The van der Waals surface area contributed by atoms with E-state index < -0.39 is 23.5 Å². The van der Waals surface area contributed by atoms with Gasteiger partial charge in [0.25, 0.3) is 0 Å². The van der Waals surface area contributed by atoms with Gasteiger partial charge < -0.3 is 24.8 Å². The van der Waals surface area contributed by atoms with Gasteiger partial charge in [-0.25, -0.2) is 0 Å². The third-order valence-electron chi connectivity index (χ3n) is 3.42. The Morgan fingerprint density at radius 3 is 2.29 bits per heavy atom. The molecule has 1 N–H and O–H groups in total. The minimum atomic E-state index is -0.704. The average molecular weight is 399 g/mol. The fraction of sp³-hybridized carbons (Fsp3) is 0.294. The molecule has 0 radical (unpaired) electrons. The quantitative estimate of drug-likeness (QED) is 0.494. The largest absolute Gasteiger partial charge is 1.00 e. The number of halogens is 2. The third kappa shape index (κ3) is 4.20. The van der Waals surface area contributed by atoms with E-state index in [0.29, 0.717) is 0 Å². The number of hydrogen-bond donors (Lipinski definition) is 1. The molecule has 3 rings (SSSR count). The summed E-state index contributed by atoms with van der Waals surface area (Å²) in [4.78, 5) is 0. The second-order valence-corrected chi connectivity index (χ2v) is 8.72. The summed E-state index contributed by atoms with van der Waals surface area (Å²) in [5.41, 5.74) is 6.20. The van der Waals surface area contributed by atoms with Gasteiger partial charge in [0.15, 0.2) is 0 Å². The van der Waals surface area contributed by atoms with Crippen LogP contribution in [0.5, 0.6) is 0 Å². The Morgan fingerprint density at radius 2 is 1.57 bits per heavy atom. The van der Waals surface area contributed by atoms with E-state index in [1.54, 1.807) is 8.83 Å². The van der Waals surface area contributed by atoms with Crippen LogP contribution in [0.4, 0.5) is 0 Å². The maximum atomic E-state index is 3.76. The van der Waals surface area contributed by atoms with Crippen LogP contribution >= 0.6 is 0 Å². The van der Waals surface area contributed by atoms with Crippen molar-refractivity contribution in [2.24, 2.45) is 0 Å². The molecule has 2 aromatic carbocycles. The van der Waals surface area contributed by atoms with Crippen LogP contribution in [0.2, 0.25) is 0 Å². The summed E-state index contributed by atoms with van der Waals surface area (Å²) >= 11 is -0.704. The smallest absolute Gasteiger partial charge is 1.00 e. The van der Waals surface area contributed by atoms with Crippen molar-refractivity contribution >= 4 is 3.27 Å². The second-order valence-electron chi connectivity index (χ2n) is 6.17. The van der Waals surface area contributed by atoms with Crippen LogP contribution in [0, 0.1) is 0 Å². The summed E-state index contributed by atoms with van der Waals surface area (Å²) in [6.45, 7) is 6.77. The molecule has 0 amide bonds. The maximum absolute atomic E-state index is 3.76. The number of benzene rings is 2. The summed E-state index contributed by atoms with van der Waals surface area (Å²) < 4.78 is 5.37. The van der Waals surface area contributed by atoms with E-state index in [0.717, 1.165) is 6.42 Å². The fourth-order valence-corrected chi connectivity index (χ4v) is 5.14. The first-order valence-corrected chi connectivity index (χ1v) is 9.24. The number of hydrogen-bond acceptors (Lipinski definition) is 1. The van der Waals surface area contributed by atoms with Crippen LogP contribution < -0.4 is 31.3 Å². The Hall–Kier alpha value is -0.137. The summed E-state index contributed by atoms with van der Waals surface area (Å²) in [6, 6.07) is 15.7. The van der Waals surface area contributed by atoms with Crippen LogP contribution in [0.3, 0.4) is 0 Å². The molecular formula is C17H19Cl2NZr. The molecule has 1 aliphatic carbocycles. The molecule has 0 unspecified atom stereocenters. The minimum Gasteiger partial charge on any atom is -1.00 e. The van der Waals surface area contributed by atoms with Gasteiger partial charge in [-0.2, -0.15) is 0 Å². The molecule has 1 nitrogen and oxygen atoms in total. The van der Waals surface area contributed by atoms with Gasteiger partial charge in [-0.15, -0.1) is 0 Å². The molecule has 0 aromatic heterocycles. The van der Waals surface area contributed by atoms with Crippen molar-refractivity contribution in [1.82, 2.24) is 3.26 Å². The fourth-order valence-electron chi connectivity index (χ4n) is 2.53. The van der Waals surface area contributed by atoms with Gasteiger partial charge >= 0.3 is 128 Å². The van der Waals surface area contributed by atoms with E-state index in [9.17, 15) is 0 Å². The minimum absolute atomic E-state index is 0. The summed E-state index contributed by atoms with van der Waals surface area (Å²) in [5, 5.41) is 0. The van der Waals surface area contributed by atoms with Gasteiger partial charge in [-0.1, -0.05) is 0 Å². The molecule has 0 heterocycles. The summed E-state index contributed by atoms with van der Waals surface area (Å²) in [7, 11) is 0. The van der Waals surface area contributed by atoms with Crippen LogP contribution in [-0.4, -0.2) is 5.54 Å². The Kier molecular flexibility index (Phi) is 6.68. The molecule has 4 heteroatoms. The number of nitrogens with one attached hydrogen (secondary N) is 1. The Bertz CT molecular complexity index is 620. The van der Waals surface area contributed by atoms with Crippen LogP contribution in [0.1, 0.15) is 31.9 Å². The maximum Gasteiger partial charge on any atom is -1.00 e. The molecule has 0 spiro atoms. The zero-order chi connectivity index (χ0) is 13.5. The van der Waals surface area contributed by atoms with Crippen molar-refractivity contribution < 1.29 is 48.3 Å². The Labute approximate surface area is 151 Å². The predicted molar refractivity (Wildman–Crippen MR) is 77.2 cm³/mol. The molecule has 1 aliphatic rings. The first-order chi connectivity index (χ1) is 9.04. The van der Waals surface area contributed by atoms with E-state index in [-0.39, 0.29) is 30.4 Å². The second kappa shape index (κ2) is 7.42. The van der Waals surface area contributed by atoms with E-state index in [1.165, 1.54) is 16.7 Å². The van der Waals surface area contributed by atoms with Gasteiger partial charge in [-0.05, 0) is 0 Å². The van der Waals surface area contributed by atoms with Crippen molar-refractivity contribution in [3.05, 3.63) is 53.6 Å². The zero-order valence-corrected chi connectivity index (χ0v) is 16.5. The molecule has 0 fully saturated rings. The molecule has 0 atom stereocenters. The normalized spacial score (nSPS) is 11.6. The standard InChI is InChI=1S/C13H9.C4H10N.2ClH.Zr/c1-3-7-12-10(5-1)9-11-6-2-4-8-13(11)12;1-4(2,3)5;;;/h1-5,7-8H,9H2;5H,1-3H3;2*1H;/q;-1;;;+3/p-2. The first-order valence-electron chi connectivity index (χ1n) is 6.78. The van der Waals surface area contributed by atoms with E-state index >= 15 is 0 Å². The van der Waals surface area contributed by atoms with E-state index in [4.69, 9.17) is 0 Å². The van der Waals surface area contributed by atoms with E-state index in [2.05, 4.69) is 66.5 Å². The topological polar surface area (TPSA) is 12.0 Å². The molecule has 2 aromatic rings.